The molecule has 5 heteroatoms. The van der Waals surface area contributed by atoms with Gasteiger partial charge < -0.3 is 0 Å². The van der Waals surface area contributed by atoms with E-state index in [1.54, 1.807) is 10.5 Å². The second-order valence-electron chi connectivity index (χ2n) is 6.12. The average molecular weight is 325 g/mol. The van der Waals surface area contributed by atoms with Crippen LogP contribution in [0.4, 0.5) is 0 Å². The first kappa shape index (κ1) is 14.6. The van der Waals surface area contributed by atoms with Gasteiger partial charge in [0.15, 0.2) is 4.96 Å². The minimum Gasteiger partial charge on any atom is -0.291 e. The number of benzene rings is 1. The van der Waals surface area contributed by atoms with Crippen LogP contribution in [-0.2, 0) is 6.54 Å². The molecule has 1 fully saturated rings. The summed E-state index contributed by atoms with van der Waals surface area (Å²) < 4.78 is 1.69. The summed E-state index contributed by atoms with van der Waals surface area (Å²) in [5.74, 6) is 0. The Balaban J connectivity index is 1.63. The first-order chi connectivity index (χ1) is 11.2. The lowest BCUT2D eigenvalue weighted by Gasteiger charge is -2.24. The van der Waals surface area contributed by atoms with Gasteiger partial charge in [-0.2, -0.15) is 0 Å². The van der Waals surface area contributed by atoms with Gasteiger partial charge in [-0.25, -0.2) is 4.98 Å². The van der Waals surface area contributed by atoms with E-state index in [1.807, 2.05) is 12.3 Å². The molecule has 4 rings (SSSR count). The van der Waals surface area contributed by atoms with Crippen molar-refractivity contribution in [2.24, 2.45) is 0 Å². The molecule has 0 bridgehead atoms. The lowest BCUT2D eigenvalue weighted by Crippen LogP contribution is -2.25. The largest absolute Gasteiger partial charge is 0.291 e. The summed E-state index contributed by atoms with van der Waals surface area (Å²) in [4.78, 5) is 20.2. The van der Waals surface area contributed by atoms with Crippen LogP contribution in [0.25, 0.3) is 4.96 Å². The zero-order valence-corrected chi connectivity index (χ0v) is 13.9. The molecule has 0 unspecified atom stereocenters. The van der Waals surface area contributed by atoms with Crippen molar-refractivity contribution in [3.8, 4) is 0 Å². The standard InChI is InChI=1S/C18H19N3OS/c1-13-12-23-18-19-15(10-17(22)21(13)18)11-20-9-5-8-16(20)14-6-3-2-4-7-14/h2-4,6-7,10,12,16H,5,8-9,11H2,1H3/t16-/m1/s1. The molecule has 0 radical (unpaired) electrons. The average Bonchev–Trinajstić information content (AvgIpc) is 3.15. The van der Waals surface area contributed by atoms with Gasteiger partial charge >= 0.3 is 0 Å². The zero-order valence-electron chi connectivity index (χ0n) is 13.1. The van der Waals surface area contributed by atoms with Gasteiger partial charge in [-0.05, 0) is 31.9 Å². The summed E-state index contributed by atoms with van der Waals surface area (Å²) in [7, 11) is 0. The topological polar surface area (TPSA) is 37.6 Å². The molecule has 1 atom stereocenters. The number of likely N-dealkylation sites (tertiary alicyclic amines) is 1. The second-order valence-corrected chi connectivity index (χ2v) is 6.96. The number of thiazole rings is 1. The van der Waals surface area contributed by atoms with Crippen molar-refractivity contribution in [1.29, 1.82) is 0 Å². The number of aryl methyl sites for hydroxylation is 1. The summed E-state index contributed by atoms with van der Waals surface area (Å²) in [6, 6.07) is 12.7. The predicted molar refractivity (Wildman–Crippen MR) is 92.9 cm³/mol. The SMILES string of the molecule is Cc1csc2nc(CN3CCC[C@@H]3c3ccccc3)cc(=O)n12. The van der Waals surface area contributed by atoms with E-state index >= 15 is 0 Å². The molecular formula is C18H19N3OS. The monoisotopic (exact) mass is 325 g/mol. The Kier molecular flexibility index (Phi) is 3.75. The molecule has 4 nitrogen and oxygen atoms in total. The highest BCUT2D eigenvalue weighted by atomic mass is 32.1. The fraction of sp³-hybridized carbons (Fsp3) is 0.333. The number of rotatable bonds is 3. The molecule has 0 amide bonds. The molecule has 0 saturated carbocycles. The van der Waals surface area contributed by atoms with Crippen molar-refractivity contribution in [2.75, 3.05) is 6.54 Å². The van der Waals surface area contributed by atoms with Crippen LogP contribution in [0.15, 0.2) is 46.6 Å². The Morgan fingerprint density at radius 3 is 2.96 bits per heavy atom. The van der Waals surface area contributed by atoms with Crippen LogP contribution < -0.4 is 5.56 Å². The normalized spacial score (nSPS) is 18.7. The van der Waals surface area contributed by atoms with Crippen molar-refractivity contribution < 1.29 is 0 Å². The van der Waals surface area contributed by atoms with E-state index in [1.165, 1.54) is 29.7 Å². The highest BCUT2D eigenvalue weighted by molar-refractivity contribution is 7.15. The predicted octanol–water partition coefficient (Wildman–Crippen LogP) is 3.40. The summed E-state index contributed by atoms with van der Waals surface area (Å²) in [6.07, 6.45) is 2.36. The van der Waals surface area contributed by atoms with Gasteiger partial charge in [-0.1, -0.05) is 30.3 Å². The molecule has 2 aromatic heterocycles. The number of nitrogens with zero attached hydrogens (tertiary/aromatic N) is 3. The van der Waals surface area contributed by atoms with Crippen molar-refractivity contribution in [3.05, 3.63) is 69.1 Å². The first-order valence-electron chi connectivity index (χ1n) is 7.98. The minimum atomic E-state index is 0.0270. The molecule has 23 heavy (non-hydrogen) atoms. The highest BCUT2D eigenvalue weighted by Crippen LogP contribution is 2.32. The number of aromatic nitrogens is 2. The summed E-state index contributed by atoms with van der Waals surface area (Å²) in [6.45, 7) is 3.74. The Morgan fingerprint density at radius 2 is 2.13 bits per heavy atom. The van der Waals surface area contributed by atoms with Crippen LogP contribution in [-0.4, -0.2) is 20.8 Å². The Hall–Kier alpha value is -1.98. The maximum Gasteiger partial charge on any atom is 0.259 e. The van der Waals surface area contributed by atoms with Gasteiger partial charge in [0.1, 0.15) is 0 Å². The van der Waals surface area contributed by atoms with Crippen LogP contribution in [0, 0.1) is 6.92 Å². The van der Waals surface area contributed by atoms with E-state index in [9.17, 15) is 4.79 Å². The van der Waals surface area contributed by atoms with Crippen LogP contribution in [0.5, 0.6) is 0 Å². The Labute approximate surface area is 139 Å². The van der Waals surface area contributed by atoms with Gasteiger partial charge in [0.05, 0.1) is 5.69 Å². The molecule has 3 heterocycles. The van der Waals surface area contributed by atoms with Gasteiger partial charge in [0, 0.05) is 29.7 Å². The summed E-state index contributed by atoms with van der Waals surface area (Å²) in [5.41, 5.74) is 3.21. The minimum absolute atomic E-state index is 0.0270. The molecule has 0 aliphatic carbocycles. The van der Waals surface area contributed by atoms with Crippen LogP contribution in [0.3, 0.4) is 0 Å². The molecule has 1 aliphatic heterocycles. The maximum atomic E-state index is 12.3. The highest BCUT2D eigenvalue weighted by Gasteiger charge is 2.26. The van der Waals surface area contributed by atoms with Crippen LogP contribution in [0.1, 0.15) is 35.8 Å². The number of hydrogen-bond donors (Lipinski definition) is 0. The molecule has 1 aromatic carbocycles. The summed E-state index contributed by atoms with van der Waals surface area (Å²) in [5, 5.41) is 1.98. The van der Waals surface area contributed by atoms with Crippen molar-refractivity contribution in [2.45, 2.75) is 32.4 Å². The maximum absolute atomic E-state index is 12.3. The molecule has 1 aliphatic rings. The third-order valence-corrected chi connectivity index (χ3v) is 5.49. The molecule has 1 saturated heterocycles. The van der Waals surface area contributed by atoms with Crippen LogP contribution in [0.2, 0.25) is 0 Å². The van der Waals surface area contributed by atoms with Crippen molar-refractivity contribution >= 4 is 16.3 Å². The van der Waals surface area contributed by atoms with E-state index in [-0.39, 0.29) is 5.56 Å². The third-order valence-electron chi connectivity index (χ3n) is 4.54. The molecule has 3 aromatic rings. The molecule has 0 N–H and O–H groups in total. The van der Waals surface area contributed by atoms with Crippen molar-refractivity contribution in [1.82, 2.24) is 14.3 Å². The third kappa shape index (κ3) is 2.71. The molecular weight excluding hydrogens is 306 g/mol. The van der Waals surface area contributed by atoms with E-state index < -0.39 is 0 Å². The fourth-order valence-corrected chi connectivity index (χ4v) is 4.35. The quantitative estimate of drug-likeness (QED) is 0.741. The van der Waals surface area contributed by atoms with E-state index in [0.717, 1.165) is 29.4 Å². The van der Waals surface area contributed by atoms with E-state index in [0.29, 0.717) is 6.04 Å². The lowest BCUT2D eigenvalue weighted by molar-refractivity contribution is 0.245. The molecule has 118 valence electrons. The first-order valence-corrected chi connectivity index (χ1v) is 8.86. The molecule has 0 spiro atoms. The van der Waals surface area contributed by atoms with Gasteiger partial charge in [0.25, 0.3) is 5.56 Å². The van der Waals surface area contributed by atoms with Gasteiger partial charge in [-0.15, -0.1) is 11.3 Å². The number of hydrogen-bond acceptors (Lipinski definition) is 4. The second kappa shape index (κ2) is 5.91. The van der Waals surface area contributed by atoms with Crippen molar-refractivity contribution in [3.63, 3.8) is 0 Å². The Bertz CT molecular complexity index is 884. The van der Waals surface area contributed by atoms with Gasteiger partial charge in [-0.3, -0.25) is 14.1 Å². The Morgan fingerprint density at radius 1 is 1.30 bits per heavy atom. The zero-order chi connectivity index (χ0) is 15.8. The smallest absolute Gasteiger partial charge is 0.259 e. The van der Waals surface area contributed by atoms with Crippen LogP contribution >= 0.6 is 11.3 Å². The summed E-state index contributed by atoms with van der Waals surface area (Å²) >= 11 is 1.53. The van der Waals surface area contributed by atoms with E-state index in [4.69, 9.17) is 0 Å². The fourth-order valence-electron chi connectivity index (χ4n) is 3.46. The lowest BCUT2D eigenvalue weighted by atomic mass is 10.0. The number of fused-ring (bicyclic) bond motifs is 1. The van der Waals surface area contributed by atoms with E-state index in [2.05, 4.69) is 40.2 Å². The van der Waals surface area contributed by atoms with Gasteiger partial charge in [0.2, 0.25) is 0 Å².